The first-order valence-corrected chi connectivity index (χ1v) is 9.31. The van der Waals surface area contributed by atoms with Crippen LogP contribution in [0.25, 0.3) is 0 Å². The number of nitrogens with zero attached hydrogens (tertiary/aromatic N) is 1. The molecule has 8 heteroatoms. The largest absolute Gasteiger partial charge is 0.466 e. The van der Waals surface area contributed by atoms with Crippen LogP contribution in [-0.2, 0) is 22.3 Å². The number of benzene rings is 1. The maximum Gasteiger partial charge on any atom is 0.417 e. The van der Waals surface area contributed by atoms with Crippen LogP contribution in [0.15, 0.2) is 41.0 Å². The normalized spacial score (nSPS) is 18.9. The summed E-state index contributed by atoms with van der Waals surface area (Å²) < 4.78 is 43.4. The van der Waals surface area contributed by atoms with Gasteiger partial charge in [0.05, 0.1) is 18.1 Å². The maximum atomic E-state index is 12.8. The van der Waals surface area contributed by atoms with Gasteiger partial charge in [0, 0.05) is 17.2 Å². The third-order valence-electron chi connectivity index (χ3n) is 4.41. The number of ether oxygens (including phenoxy) is 1. The number of aromatic nitrogens is 1. The molecule has 0 amide bonds. The highest BCUT2D eigenvalue weighted by Crippen LogP contribution is 2.48. The van der Waals surface area contributed by atoms with Crippen LogP contribution < -0.4 is 5.32 Å². The van der Waals surface area contributed by atoms with Gasteiger partial charge in [0.25, 0.3) is 0 Å². The van der Waals surface area contributed by atoms with Crippen molar-refractivity contribution in [3.63, 3.8) is 0 Å². The highest BCUT2D eigenvalue weighted by molar-refractivity contribution is 9.10. The third-order valence-corrected chi connectivity index (χ3v) is 5.06. The zero-order valence-corrected chi connectivity index (χ0v) is 16.1. The van der Waals surface area contributed by atoms with Crippen molar-refractivity contribution in [2.24, 2.45) is 5.92 Å². The maximum absolute atomic E-state index is 12.8. The Labute approximate surface area is 163 Å². The van der Waals surface area contributed by atoms with Crippen LogP contribution in [0.2, 0.25) is 0 Å². The van der Waals surface area contributed by atoms with E-state index in [9.17, 15) is 18.0 Å². The van der Waals surface area contributed by atoms with Gasteiger partial charge in [0.1, 0.15) is 5.82 Å². The number of hydrogen-bond acceptors (Lipinski definition) is 4. The minimum atomic E-state index is -4.38. The van der Waals surface area contributed by atoms with Crippen molar-refractivity contribution in [2.45, 2.75) is 32.0 Å². The SMILES string of the molecule is CCOC(=O)[C@@H]1C[C@H]1c1ccc(NCc2ccc(C(F)(F)F)c(Br)c2)nc1. The fourth-order valence-electron chi connectivity index (χ4n) is 2.89. The number of carbonyl (C=O) groups is 1. The van der Waals surface area contributed by atoms with Crippen molar-refractivity contribution >= 4 is 27.7 Å². The summed E-state index contributed by atoms with van der Waals surface area (Å²) in [7, 11) is 0. The van der Waals surface area contributed by atoms with Crippen LogP contribution in [0, 0.1) is 5.92 Å². The van der Waals surface area contributed by atoms with Crippen LogP contribution in [-0.4, -0.2) is 17.6 Å². The lowest BCUT2D eigenvalue weighted by atomic mass is 10.1. The molecule has 1 saturated carbocycles. The summed E-state index contributed by atoms with van der Waals surface area (Å²) >= 11 is 2.97. The van der Waals surface area contributed by atoms with E-state index < -0.39 is 11.7 Å². The van der Waals surface area contributed by atoms with Gasteiger partial charge < -0.3 is 10.1 Å². The summed E-state index contributed by atoms with van der Waals surface area (Å²) in [5.74, 6) is 0.507. The number of anilines is 1. The van der Waals surface area contributed by atoms with Crippen molar-refractivity contribution < 1.29 is 22.7 Å². The third kappa shape index (κ3) is 4.80. The number of alkyl halides is 3. The topological polar surface area (TPSA) is 51.2 Å². The van der Waals surface area contributed by atoms with Gasteiger partial charge in [-0.15, -0.1) is 0 Å². The second-order valence-electron chi connectivity index (χ2n) is 6.34. The molecule has 1 N–H and O–H groups in total. The van der Waals surface area contributed by atoms with Gasteiger partial charge >= 0.3 is 12.1 Å². The number of halogens is 4. The molecule has 1 aromatic carbocycles. The van der Waals surface area contributed by atoms with E-state index >= 15 is 0 Å². The Morgan fingerprint density at radius 2 is 2.11 bits per heavy atom. The van der Waals surface area contributed by atoms with Crippen molar-refractivity contribution in [3.8, 4) is 0 Å². The number of nitrogens with one attached hydrogen (secondary N) is 1. The van der Waals surface area contributed by atoms with E-state index in [0.717, 1.165) is 18.1 Å². The molecular formula is C19H18BrF3N2O2. The molecule has 2 atom stereocenters. The van der Waals surface area contributed by atoms with Gasteiger partial charge in [-0.05, 0) is 48.6 Å². The summed E-state index contributed by atoms with van der Waals surface area (Å²) in [4.78, 5) is 16.0. The second kappa shape index (κ2) is 7.88. The number of pyridine rings is 1. The van der Waals surface area contributed by atoms with Crippen LogP contribution in [0.1, 0.15) is 36.0 Å². The zero-order valence-electron chi connectivity index (χ0n) is 14.5. The number of carbonyl (C=O) groups excluding carboxylic acids is 1. The van der Waals surface area contributed by atoms with Gasteiger partial charge in [-0.1, -0.05) is 28.1 Å². The summed E-state index contributed by atoms with van der Waals surface area (Å²) in [5.41, 5.74) is 0.982. The van der Waals surface area contributed by atoms with E-state index in [1.165, 1.54) is 12.1 Å². The first-order valence-electron chi connectivity index (χ1n) is 8.51. The van der Waals surface area contributed by atoms with Crippen LogP contribution >= 0.6 is 15.9 Å². The van der Waals surface area contributed by atoms with Crippen molar-refractivity contribution in [2.75, 3.05) is 11.9 Å². The van der Waals surface area contributed by atoms with E-state index in [2.05, 4.69) is 26.2 Å². The van der Waals surface area contributed by atoms with Crippen LogP contribution in [0.5, 0.6) is 0 Å². The van der Waals surface area contributed by atoms with Gasteiger partial charge in [0.15, 0.2) is 0 Å². The molecule has 0 unspecified atom stereocenters. The van der Waals surface area contributed by atoms with Gasteiger partial charge in [-0.25, -0.2) is 4.98 Å². The first-order chi connectivity index (χ1) is 12.8. The van der Waals surface area contributed by atoms with E-state index in [-0.39, 0.29) is 22.3 Å². The van der Waals surface area contributed by atoms with Gasteiger partial charge in [-0.3, -0.25) is 4.79 Å². The lowest BCUT2D eigenvalue weighted by molar-refractivity contribution is -0.144. The highest BCUT2D eigenvalue weighted by atomic mass is 79.9. The van der Waals surface area contributed by atoms with Gasteiger partial charge in [-0.2, -0.15) is 13.2 Å². The molecule has 27 heavy (non-hydrogen) atoms. The van der Waals surface area contributed by atoms with E-state index in [4.69, 9.17) is 4.74 Å². The first kappa shape index (κ1) is 19.7. The molecule has 0 aliphatic heterocycles. The van der Waals surface area contributed by atoms with Crippen molar-refractivity contribution in [1.82, 2.24) is 4.98 Å². The fraction of sp³-hybridized carbons (Fsp3) is 0.368. The zero-order chi connectivity index (χ0) is 19.6. The van der Waals surface area contributed by atoms with Gasteiger partial charge in [0.2, 0.25) is 0 Å². The Hall–Kier alpha value is -2.09. The number of rotatable bonds is 6. The minimum absolute atomic E-state index is 0.0105. The van der Waals surface area contributed by atoms with Crippen molar-refractivity contribution in [3.05, 3.63) is 57.7 Å². The summed E-state index contributed by atoms with van der Waals surface area (Å²) in [6.07, 6.45) is -1.89. The molecule has 0 saturated heterocycles. The van der Waals surface area contributed by atoms with E-state index in [0.29, 0.717) is 24.5 Å². The van der Waals surface area contributed by atoms with Crippen molar-refractivity contribution in [1.29, 1.82) is 0 Å². The molecule has 1 aliphatic rings. The number of hydrogen-bond donors (Lipinski definition) is 1. The average Bonchev–Trinajstić information content (AvgIpc) is 3.40. The molecule has 2 aromatic rings. The molecular weight excluding hydrogens is 425 g/mol. The van der Waals surface area contributed by atoms with Crippen LogP contribution in [0.4, 0.5) is 19.0 Å². The molecule has 4 nitrogen and oxygen atoms in total. The molecule has 3 rings (SSSR count). The van der Waals surface area contributed by atoms with E-state index in [1.54, 1.807) is 19.2 Å². The quantitative estimate of drug-likeness (QED) is 0.629. The Kier molecular flexibility index (Phi) is 5.74. The Morgan fingerprint density at radius 3 is 2.70 bits per heavy atom. The standard InChI is InChI=1S/C19H18BrF3N2O2/c1-2-27-18(26)14-8-13(14)12-4-6-17(25-10-12)24-9-11-3-5-15(16(20)7-11)19(21,22)23/h3-7,10,13-14H,2,8-9H2,1H3,(H,24,25)/t13-,14+/m0/s1. The summed E-state index contributed by atoms with van der Waals surface area (Å²) in [5, 5.41) is 3.08. The lowest BCUT2D eigenvalue weighted by Gasteiger charge is -2.11. The Morgan fingerprint density at radius 1 is 1.33 bits per heavy atom. The summed E-state index contributed by atoms with van der Waals surface area (Å²) in [6, 6.07) is 7.64. The Bertz CT molecular complexity index is 825. The number of esters is 1. The average molecular weight is 443 g/mol. The molecule has 144 valence electrons. The monoisotopic (exact) mass is 442 g/mol. The molecule has 0 radical (unpaired) electrons. The molecule has 0 bridgehead atoms. The molecule has 1 aliphatic carbocycles. The molecule has 1 heterocycles. The predicted molar refractivity (Wildman–Crippen MR) is 98.2 cm³/mol. The molecule has 1 fully saturated rings. The lowest BCUT2D eigenvalue weighted by Crippen LogP contribution is -2.08. The fourth-order valence-corrected chi connectivity index (χ4v) is 3.54. The molecule has 1 aromatic heterocycles. The second-order valence-corrected chi connectivity index (χ2v) is 7.20. The summed E-state index contributed by atoms with van der Waals surface area (Å²) in [6.45, 7) is 2.51. The Balaban J connectivity index is 1.57. The predicted octanol–water partition coefficient (Wildman–Crippen LogP) is 5.14. The van der Waals surface area contributed by atoms with Crippen LogP contribution in [0.3, 0.4) is 0 Å². The smallest absolute Gasteiger partial charge is 0.417 e. The van der Waals surface area contributed by atoms with E-state index in [1.807, 2.05) is 6.07 Å². The minimum Gasteiger partial charge on any atom is -0.466 e. The molecule has 0 spiro atoms. The highest BCUT2D eigenvalue weighted by Gasteiger charge is 2.45.